The lowest BCUT2D eigenvalue weighted by Gasteiger charge is -2.15. The highest BCUT2D eigenvalue weighted by Gasteiger charge is 2.13. The van der Waals surface area contributed by atoms with Crippen LogP contribution in [0.3, 0.4) is 0 Å². The number of aliphatic hydroxyl groups excluding tert-OH is 1. The Hall–Kier alpha value is -0.640. The Balaban J connectivity index is 2.97. The summed E-state index contributed by atoms with van der Waals surface area (Å²) in [5.41, 5.74) is 6.25. The molecule has 0 unspecified atom stereocenters. The summed E-state index contributed by atoms with van der Waals surface area (Å²) in [5, 5.41) is 9.19. The highest BCUT2D eigenvalue weighted by molar-refractivity contribution is 6.30. The van der Waals surface area contributed by atoms with Gasteiger partial charge in [0.2, 0.25) is 0 Å². The SMILES string of the molecule is C[C@H](O)[C@H](N)c1ccc(F)c(Cl)c1. The van der Waals surface area contributed by atoms with Crippen LogP contribution in [0.15, 0.2) is 18.2 Å². The first kappa shape index (κ1) is 10.4. The molecule has 0 aromatic heterocycles. The first-order chi connectivity index (χ1) is 6.02. The van der Waals surface area contributed by atoms with Crippen LogP contribution in [0, 0.1) is 5.82 Å². The zero-order chi connectivity index (χ0) is 10.0. The fourth-order valence-electron chi connectivity index (χ4n) is 0.998. The predicted molar refractivity (Wildman–Crippen MR) is 50.0 cm³/mol. The van der Waals surface area contributed by atoms with Gasteiger partial charge in [0.15, 0.2) is 0 Å². The van der Waals surface area contributed by atoms with Crippen LogP contribution in [0.2, 0.25) is 5.02 Å². The molecule has 0 aliphatic heterocycles. The van der Waals surface area contributed by atoms with Crippen molar-refractivity contribution >= 4 is 11.6 Å². The molecule has 0 spiro atoms. The third-order valence-electron chi connectivity index (χ3n) is 1.85. The van der Waals surface area contributed by atoms with Gasteiger partial charge in [0.1, 0.15) is 5.82 Å². The van der Waals surface area contributed by atoms with E-state index in [-0.39, 0.29) is 5.02 Å². The molecule has 13 heavy (non-hydrogen) atoms. The van der Waals surface area contributed by atoms with E-state index >= 15 is 0 Å². The quantitative estimate of drug-likeness (QED) is 0.771. The lowest BCUT2D eigenvalue weighted by Crippen LogP contribution is -2.23. The molecule has 72 valence electrons. The number of hydrogen-bond donors (Lipinski definition) is 2. The first-order valence-corrected chi connectivity index (χ1v) is 4.28. The van der Waals surface area contributed by atoms with Crippen molar-refractivity contribution in [3.05, 3.63) is 34.6 Å². The fraction of sp³-hybridized carbons (Fsp3) is 0.333. The van der Waals surface area contributed by atoms with Crippen LogP contribution in [0.4, 0.5) is 4.39 Å². The number of rotatable bonds is 2. The van der Waals surface area contributed by atoms with E-state index in [1.54, 1.807) is 6.92 Å². The highest BCUT2D eigenvalue weighted by Crippen LogP contribution is 2.21. The topological polar surface area (TPSA) is 46.2 Å². The predicted octanol–water partition coefficient (Wildman–Crippen LogP) is 1.86. The van der Waals surface area contributed by atoms with Crippen molar-refractivity contribution in [3.63, 3.8) is 0 Å². The zero-order valence-electron chi connectivity index (χ0n) is 7.17. The number of halogens is 2. The molecule has 0 fully saturated rings. The lowest BCUT2D eigenvalue weighted by atomic mass is 10.0. The van der Waals surface area contributed by atoms with E-state index in [2.05, 4.69) is 0 Å². The maximum absolute atomic E-state index is 12.7. The van der Waals surface area contributed by atoms with Crippen molar-refractivity contribution in [2.45, 2.75) is 19.1 Å². The number of hydrogen-bond acceptors (Lipinski definition) is 2. The van der Waals surface area contributed by atoms with Gasteiger partial charge in [-0.15, -0.1) is 0 Å². The van der Waals surface area contributed by atoms with Crippen LogP contribution >= 0.6 is 11.6 Å². The molecule has 2 nitrogen and oxygen atoms in total. The van der Waals surface area contributed by atoms with Crippen molar-refractivity contribution in [2.75, 3.05) is 0 Å². The Morgan fingerprint density at radius 2 is 2.15 bits per heavy atom. The van der Waals surface area contributed by atoms with Gasteiger partial charge in [-0.05, 0) is 24.6 Å². The molecule has 1 aromatic carbocycles. The molecular formula is C9H11ClFNO. The van der Waals surface area contributed by atoms with E-state index in [1.165, 1.54) is 18.2 Å². The summed E-state index contributed by atoms with van der Waals surface area (Å²) in [5.74, 6) is -0.483. The second-order valence-electron chi connectivity index (χ2n) is 2.94. The molecule has 0 aliphatic rings. The third kappa shape index (κ3) is 2.40. The highest BCUT2D eigenvalue weighted by atomic mass is 35.5. The van der Waals surface area contributed by atoms with E-state index in [1.807, 2.05) is 0 Å². The summed E-state index contributed by atoms with van der Waals surface area (Å²) in [4.78, 5) is 0. The molecule has 0 heterocycles. The Labute approximate surface area is 81.1 Å². The van der Waals surface area contributed by atoms with Crippen molar-refractivity contribution < 1.29 is 9.50 Å². The van der Waals surface area contributed by atoms with Gasteiger partial charge in [0.25, 0.3) is 0 Å². The van der Waals surface area contributed by atoms with Crippen molar-refractivity contribution in [1.29, 1.82) is 0 Å². The molecule has 0 bridgehead atoms. The van der Waals surface area contributed by atoms with Gasteiger partial charge < -0.3 is 10.8 Å². The Morgan fingerprint density at radius 3 is 2.62 bits per heavy atom. The van der Waals surface area contributed by atoms with Gasteiger partial charge >= 0.3 is 0 Å². The van der Waals surface area contributed by atoms with Gasteiger partial charge in [0.05, 0.1) is 17.2 Å². The molecule has 0 radical (unpaired) electrons. The molecule has 3 N–H and O–H groups in total. The molecule has 1 rings (SSSR count). The van der Waals surface area contributed by atoms with Crippen molar-refractivity contribution in [2.24, 2.45) is 5.73 Å². The molecule has 2 atom stereocenters. The largest absolute Gasteiger partial charge is 0.391 e. The van der Waals surface area contributed by atoms with Gasteiger partial charge in [-0.1, -0.05) is 17.7 Å². The summed E-state index contributed by atoms with van der Waals surface area (Å²) in [6, 6.07) is 3.64. The number of benzene rings is 1. The second kappa shape index (κ2) is 4.05. The van der Waals surface area contributed by atoms with E-state index in [0.29, 0.717) is 5.56 Å². The molecule has 0 saturated heterocycles. The van der Waals surface area contributed by atoms with Crippen LogP contribution in [-0.2, 0) is 0 Å². The minimum atomic E-state index is -0.679. The minimum Gasteiger partial charge on any atom is -0.391 e. The van der Waals surface area contributed by atoms with Crippen molar-refractivity contribution in [3.8, 4) is 0 Å². The van der Waals surface area contributed by atoms with E-state index in [0.717, 1.165) is 0 Å². The number of nitrogens with two attached hydrogens (primary N) is 1. The lowest BCUT2D eigenvalue weighted by molar-refractivity contribution is 0.164. The fourth-order valence-corrected chi connectivity index (χ4v) is 1.19. The second-order valence-corrected chi connectivity index (χ2v) is 3.35. The van der Waals surface area contributed by atoms with Crippen LogP contribution < -0.4 is 5.73 Å². The van der Waals surface area contributed by atoms with E-state index in [4.69, 9.17) is 17.3 Å². The zero-order valence-corrected chi connectivity index (χ0v) is 7.92. The molecule has 0 amide bonds. The Morgan fingerprint density at radius 1 is 1.54 bits per heavy atom. The summed E-state index contributed by atoms with van der Waals surface area (Å²) in [7, 11) is 0. The van der Waals surface area contributed by atoms with Gasteiger partial charge in [-0.25, -0.2) is 4.39 Å². The van der Waals surface area contributed by atoms with Crippen molar-refractivity contribution in [1.82, 2.24) is 0 Å². The normalized spacial score (nSPS) is 15.5. The van der Waals surface area contributed by atoms with Crippen LogP contribution in [0.25, 0.3) is 0 Å². The third-order valence-corrected chi connectivity index (χ3v) is 2.14. The summed E-state index contributed by atoms with van der Waals surface area (Å²) in [6.07, 6.45) is -0.679. The average Bonchev–Trinajstić information content (AvgIpc) is 2.08. The monoisotopic (exact) mass is 203 g/mol. The first-order valence-electron chi connectivity index (χ1n) is 3.91. The van der Waals surface area contributed by atoms with Crippen LogP contribution in [-0.4, -0.2) is 11.2 Å². The van der Waals surface area contributed by atoms with Gasteiger partial charge in [-0.2, -0.15) is 0 Å². The summed E-state index contributed by atoms with van der Waals surface area (Å²) in [6.45, 7) is 1.57. The maximum atomic E-state index is 12.7. The summed E-state index contributed by atoms with van der Waals surface area (Å²) < 4.78 is 12.7. The maximum Gasteiger partial charge on any atom is 0.141 e. The van der Waals surface area contributed by atoms with Gasteiger partial charge in [0, 0.05) is 0 Å². The van der Waals surface area contributed by atoms with Gasteiger partial charge in [-0.3, -0.25) is 0 Å². The minimum absolute atomic E-state index is 0.0219. The average molecular weight is 204 g/mol. The van der Waals surface area contributed by atoms with E-state index < -0.39 is 18.0 Å². The molecule has 4 heteroatoms. The Kier molecular flexibility index (Phi) is 3.25. The Bertz CT molecular complexity index is 304. The summed E-state index contributed by atoms with van der Waals surface area (Å²) >= 11 is 5.55. The molecule has 0 saturated carbocycles. The number of aliphatic hydroxyl groups is 1. The molecule has 1 aromatic rings. The van der Waals surface area contributed by atoms with E-state index in [9.17, 15) is 9.50 Å². The standard InChI is InChI=1S/C9H11ClFNO/c1-5(13)9(12)6-2-3-8(11)7(10)4-6/h2-5,9,13H,12H2,1H3/t5-,9-/m0/s1. The smallest absolute Gasteiger partial charge is 0.141 e. The molecule has 0 aliphatic carbocycles. The van der Waals surface area contributed by atoms with Crippen LogP contribution in [0.5, 0.6) is 0 Å². The van der Waals surface area contributed by atoms with Crippen LogP contribution in [0.1, 0.15) is 18.5 Å². The molecular weight excluding hydrogens is 193 g/mol.